The summed E-state index contributed by atoms with van der Waals surface area (Å²) >= 11 is 0. The molecule has 0 spiro atoms. The van der Waals surface area contributed by atoms with Gasteiger partial charge in [0.25, 0.3) is 5.91 Å². The highest BCUT2D eigenvalue weighted by Crippen LogP contribution is 2.33. The zero-order valence-electron chi connectivity index (χ0n) is 18.3. The number of aliphatic imine (C=N–C) groups is 2. The predicted octanol–water partition coefficient (Wildman–Crippen LogP) is 6.02. The van der Waals surface area contributed by atoms with Crippen LogP contribution in [0.2, 0.25) is 0 Å². The summed E-state index contributed by atoms with van der Waals surface area (Å²) in [6.45, 7) is 1.63. The highest BCUT2D eigenvalue weighted by atomic mass is 19.4. The van der Waals surface area contributed by atoms with Crippen LogP contribution in [0.1, 0.15) is 28.2 Å². The molecule has 176 valence electrons. The average molecular weight is 479 g/mol. The Morgan fingerprint density at radius 1 is 1.00 bits per heavy atom. The molecule has 3 heterocycles. The van der Waals surface area contributed by atoms with Gasteiger partial charge in [-0.25, -0.2) is 14.4 Å². The number of nitrogens with zero attached hydrogens (tertiary/aromatic N) is 3. The lowest BCUT2D eigenvalue weighted by molar-refractivity contribution is -0.153. The van der Waals surface area contributed by atoms with Crippen LogP contribution >= 0.6 is 0 Å². The molecule has 0 radical (unpaired) electrons. The highest BCUT2D eigenvalue weighted by Gasteiger charge is 2.37. The lowest BCUT2D eigenvalue weighted by Crippen LogP contribution is -2.36. The molecule has 0 bridgehead atoms. The molecule has 2 aliphatic rings. The Bertz CT molecular complexity index is 1450. The molecular weight excluding hydrogens is 462 g/mol. The van der Waals surface area contributed by atoms with Crippen molar-refractivity contribution in [2.24, 2.45) is 9.98 Å². The summed E-state index contributed by atoms with van der Waals surface area (Å²) < 4.78 is 58.4. The summed E-state index contributed by atoms with van der Waals surface area (Å²) in [5.41, 5.74) is 2.08. The minimum absolute atomic E-state index is 0.119. The maximum Gasteiger partial charge on any atom is 0.449 e. The van der Waals surface area contributed by atoms with Gasteiger partial charge in [-0.15, -0.1) is 0 Å². The lowest BCUT2D eigenvalue weighted by atomic mass is 10.0. The van der Waals surface area contributed by atoms with E-state index in [4.69, 9.17) is 4.42 Å². The Kier molecular flexibility index (Phi) is 5.47. The Morgan fingerprint density at radius 2 is 1.77 bits per heavy atom. The van der Waals surface area contributed by atoms with Crippen LogP contribution in [0.25, 0.3) is 11.8 Å². The molecule has 0 atom stereocenters. The largest absolute Gasteiger partial charge is 0.452 e. The first-order chi connectivity index (χ1) is 16.7. The van der Waals surface area contributed by atoms with E-state index in [1.165, 1.54) is 11.1 Å². The van der Waals surface area contributed by atoms with Crippen LogP contribution in [0.3, 0.4) is 0 Å². The molecular formula is C26H17F4N3O2. The summed E-state index contributed by atoms with van der Waals surface area (Å²) in [4.78, 5) is 23.4. The van der Waals surface area contributed by atoms with E-state index in [1.54, 1.807) is 25.1 Å². The molecule has 3 aromatic rings. The third-order valence-corrected chi connectivity index (χ3v) is 5.52. The molecule has 0 N–H and O–H groups in total. The van der Waals surface area contributed by atoms with Gasteiger partial charge < -0.3 is 4.42 Å². The Hall–Kier alpha value is -4.27. The van der Waals surface area contributed by atoms with Gasteiger partial charge in [0.1, 0.15) is 17.3 Å². The number of carbonyl (C=O) groups is 1. The quantitative estimate of drug-likeness (QED) is 0.339. The minimum Gasteiger partial charge on any atom is -0.452 e. The molecule has 0 saturated heterocycles. The van der Waals surface area contributed by atoms with Crippen LogP contribution in [0.4, 0.5) is 17.6 Å². The zero-order valence-corrected chi connectivity index (χ0v) is 18.3. The van der Waals surface area contributed by atoms with E-state index in [9.17, 15) is 22.4 Å². The summed E-state index contributed by atoms with van der Waals surface area (Å²) in [6.07, 6.45) is -1.81. The number of furan rings is 1. The molecule has 5 rings (SSSR count). The number of carbonyl (C=O) groups excluding carboxylic acids is 1. The molecule has 0 saturated carbocycles. The topological polar surface area (TPSA) is 58.2 Å². The summed E-state index contributed by atoms with van der Waals surface area (Å²) in [5.74, 6) is -2.16. The number of alkyl halides is 3. The van der Waals surface area contributed by atoms with Crippen molar-refractivity contribution in [3.05, 3.63) is 107 Å². The maximum absolute atomic E-state index is 14.9. The van der Waals surface area contributed by atoms with E-state index in [-0.39, 0.29) is 28.6 Å². The number of rotatable bonds is 4. The fourth-order valence-electron chi connectivity index (χ4n) is 3.80. The highest BCUT2D eigenvalue weighted by molar-refractivity contribution is 6.48. The molecule has 2 aliphatic heterocycles. The molecule has 5 nitrogen and oxygen atoms in total. The van der Waals surface area contributed by atoms with Gasteiger partial charge in [-0.1, -0.05) is 42.5 Å². The first kappa shape index (κ1) is 22.5. The van der Waals surface area contributed by atoms with E-state index in [0.717, 1.165) is 23.8 Å². The minimum atomic E-state index is -4.65. The zero-order chi connectivity index (χ0) is 24.7. The second-order valence-electron chi connectivity index (χ2n) is 8.01. The van der Waals surface area contributed by atoms with Gasteiger partial charge in [0, 0.05) is 24.3 Å². The first-order valence-electron chi connectivity index (χ1n) is 10.6. The Balaban J connectivity index is 1.58. The van der Waals surface area contributed by atoms with Gasteiger partial charge in [-0.05, 0) is 36.2 Å². The maximum atomic E-state index is 14.9. The van der Waals surface area contributed by atoms with Crippen LogP contribution in [-0.2, 0) is 17.4 Å². The van der Waals surface area contributed by atoms with E-state index in [1.807, 2.05) is 30.3 Å². The summed E-state index contributed by atoms with van der Waals surface area (Å²) in [7, 11) is 0. The van der Waals surface area contributed by atoms with Gasteiger partial charge >= 0.3 is 6.18 Å². The number of hydrogen-bond donors (Lipinski definition) is 0. The number of halogens is 4. The van der Waals surface area contributed by atoms with Gasteiger partial charge in [-0.3, -0.25) is 9.69 Å². The van der Waals surface area contributed by atoms with Crippen molar-refractivity contribution in [1.82, 2.24) is 4.90 Å². The van der Waals surface area contributed by atoms with Crippen molar-refractivity contribution in [2.75, 3.05) is 0 Å². The van der Waals surface area contributed by atoms with Gasteiger partial charge in [0.15, 0.2) is 5.84 Å². The fraction of sp³-hybridized carbons (Fsp3) is 0.115. The van der Waals surface area contributed by atoms with Crippen molar-refractivity contribution < 1.29 is 26.8 Å². The standard InChI is InChI=1S/C26H17F4N3O2/c1-15-6-5-9-18(23(15)27)21-14-33-24(19(31-21)12-16-7-3-2-4-8-16)32-20(25(33)34)13-17-10-11-22(35-17)26(28,29)30/h2-11,13-14H,12H2,1H3/b20-13-. The lowest BCUT2D eigenvalue weighted by Gasteiger charge is -2.22. The SMILES string of the molecule is Cc1cccc(C2=CN3C(=O)/C(=C/c4ccc(C(F)(F)F)o4)N=C3C(Cc3ccccc3)=N2)c1F. The molecule has 0 unspecified atom stereocenters. The van der Waals surface area contributed by atoms with E-state index in [0.29, 0.717) is 17.7 Å². The normalized spacial score (nSPS) is 16.8. The summed E-state index contributed by atoms with van der Waals surface area (Å²) in [5, 5.41) is 0. The van der Waals surface area contributed by atoms with E-state index < -0.39 is 23.7 Å². The molecule has 2 aromatic carbocycles. The van der Waals surface area contributed by atoms with Crippen LogP contribution in [0, 0.1) is 12.7 Å². The van der Waals surface area contributed by atoms with Crippen LogP contribution < -0.4 is 0 Å². The number of aryl methyl sites for hydroxylation is 1. The number of benzene rings is 2. The van der Waals surface area contributed by atoms with Gasteiger partial charge in [0.2, 0.25) is 5.76 Å². The number of fused-ring (bicyclic) bond motifs is 1. The van der Waals surface area contributed by atoms with Crippen molar-refractivity contribution in [3.8, 4) is 0 Å². The van der Waals surface area contributed by atoms with Crippen molar-refractivity contribution in [3.63, 3.8) is 0 Å². The third-order valence-electron chi connectivity index (χ3n) is 5.52. The molecule has 1 aromatic heterocycles. The van der Waals surface area contributed by atoms with Crippen molar-refractivity contribution in [1.29, 1.82) is 0 Å². The van der Waals surface area contributed by atoms with Crippen molar-refractivity contribution in [2.45, 2.75) is 19.5 Å². The molecule has 0 aliphatic carbocycles. The molecule has 9 heteroatoms. The van der Waals surface area contributed by atoms with Gasteiger partial charge in [-0.2, -0.15) is 13.2 Å². The smallest absolute Gasteiger partial charge is 0.449 e. The summed E-state index contributed by atoms with van der Waals surface area (Å²) in [6, 6.07) is 16.1. The molecule has 0 fully saturated rings. The fourth-order valence-corrected chi connectivity index (χ4v) is 3.80. The van der Waals surface area contributed by atoms with Crippen LogP contribution in [0.15, 0.2) is 87.0 Å². The van der Waals surface area contributed by atoms with E-state index >= 15 is 0 Å². The monoisotopic (exact) mass is 479 g/mol. The number of amidine groups is 1. The first-order valence-corrected chi connectivity index (χ1v) is 10.6. The van der Waals surface area contributed by atoms with Crippen LogP contribution in [0.5, 0.6) is 0 Å². The van der Waals surface area contributed by atoms with Crippen molar-refractivity contribution >= 4 is 29.2 Å². The average Bonchev–Trinajstić information content (AvgIpc) is 3.42. The Labute approximate surface area is 197 Å². The second kappa shape index (κ2) is 8.50. The van der Waals surface area contributed by atoms with Crippen LogP contribution in [-0.4, -0.2) is 22.4 Å². The third kappa shape index (κ3) is 4.32. The number of amides is 1. The molecule has 1 amide bonds. The predicted molar refractivity (Wildman–Crippen MR) is 123 cm³/mol. The van der Waals surface area contributed by atoms with Gasteiger partial charge in [0.05, 0.1) is 11.4 Å². The second-order valence-corrected chi connectivity index (χ2v) is 8.01. The Morgan fingerprint density at radius 3 is 2.49 bits per heavy atom. The van der Waals surface area contributed by atoms with E-state index in [2.05, 4.69) is 9.98 Å². The molecule has 35 heavy (non-hydrogen) atoms. The number of hydrogen-bond acceptors (Lipinski definition) is 4.